The molecule has 1 saturated heterocycles. The van der Waals surface area contributed by atoms with Crippen molar-refractivity contribution in [2.45, 2.75) is 13.2 Å². The molecule has 1 aliphatic heterocycles. The van der Waals surface area contributed by atoms with Crippen LogP contribution in [0.5, 0.6) is 0 Å². The van der Waals surface area contributed by atoms with Gasteiger partial charge in [-0.05, 0) is 0 Å². The van der Waals surface area contributed by atoms with E-state index >= 15 is 0 Å². The van der Waals surface area contributed by atoms with E-state index in [0.717, 1.165) is 30.8 Å². The molecule has 3 nitrogen and oxygen atoms in total. The second-order valence-electron chi connectivity index (χ2n) is 3.37. The van der Waals surface area contributed by atoms with Crippen molar-refractivity contribution < 1.29 is 14.0 Å². The fourth-order valence-electron chi connectivity index (χ4n) is 1.38. The van der Waals surface area contributed by atoms with Crippen molar-refractivity contribution >= 4 is 0 Å². The molecule has 0 aromatic rings. The number of hydrogen-bond acceptors (Lipinski definition) is 2. The molecule has 0 radical (unpaired) electrons. The molecule has 0 amide bonds. The van der Waals surface area contributed by atoms with E-state index in [4.69, 9.17) is 9.47 Å². The number of likely N-dealkylation sites (N-methyl/N-ethyl adjacent to an activating group) is 1. The van der Waals surface area contributed by atoms with Crippen molar-refractivity contribution in [3.05, 3.63) is 0 Å². The van der Waals surface area contributed by atoms with Gasteiger partial charge in [0, 0.05) is 14.0 Å². The van der Waals surface area contributed by atoms with Crippen molar-refractivity contribution in [1.82, 2.24) is 0 Å². The first kappa shape index (κ1) is 8.97. The summed E-state index contributed by atoms with van der Waals surface area (Å²) in [6.07, 6.45) is 0.291. The summed E-state index contributed by atoms with van der Waals surface area (Å²) in [6.45, 7) is 5.98. The Hall–Kier alpha value is -0.120. The number of ether oxygens (including phenoxy) is 2. The lowest BCUT2D eigenvalue weighted by Gasteiger charge is -2.41. The van der Waals surface area contributed by atoms with Crippen LogP contribution in [-0.2, 0) is 9.47 Å². The molecule has 0 spiro atoms. The Balaban J connectivity index is 2.49. The first-order valence-corrected chi connectivity index (χ1v) is 4.14. The maximum absolute atomic E-state index is 5.31. The molecular formula is C8H18NO2+. The Bertz CT molecular complexity index is 121. The number of nitrogens with zero attached hydrogens (tertiary/aromatic N) is 1. The lowest BCUT2D eigenvalue weighted by molar-refractivity contribution is -0.958. The van der Waals surface area contributed by atoms with E-state index in [2.05, 4.69) is 14.0 Å². The third kappa shape index (κ3) is 1.92. The zero-order valence-corrected chi connectivity index (χ0v) is 7.67. The fraction of sp³-hybridized carbons (Fsp3) is 1.00. The summed E-state index contributed by atoms with van der Waals surface area (Å²) < 4.78 is 11.6. The highest BCUT2D eigenvalue weighted by molar-refractivity contribution is 4.47. The lowest BCUT2D eigenvalue weighted by atomic mass is 10.3. The number of hydrogen-bond donors (Lipinski definition) is 0. The van der Waals surface area contributed by atoms with Gasteiger partial charge < -0.3 is 9.47 Å². The maximum Gasteiger partial charge on any atom is 0.189 e. The topological polar surface area (TPSA) is 18.5 Å². The van der Waals surface area contributed by atoms with Crippen LogP contribution in [-0.4, -0.2) is 51.2 Å². The smallest absolute Gasteiger partial charge is 0.189 e. The summed E-state index contributed by atoms with van der Waals surface area (Å²) in [5.74, 6) is 0. The van der Waals surface area contributed by atoms with Crippen molar-refractivity contribution in [2.75, 3.05) is 40.5 Å². The Kier molecular flexibility index (Phi) is 2.87. The van der Waals surface area contributed by atoms with Crippen LogP contribution in [0, 0.1) is 0 Å². The second kappa shape index (κ2) is 3.52. The predicted molar refractivity (Wildman–Crippen MR) is 43.2 cm³/mol. The quantitative estimate of drug-likeness (QED) is 0.546. The number of methoxy groups -OCH3 is 1. The highest BCUT2D eigenvalue weighted by atomic mass is 16.5. The molecule has 0 saturated carbocycles. The van der Waals surface area contributed by atoms with Crippen LogP contribution >= 0.6 is 0 Å². The number of quaternary nitrogens is 1. The van der Waals surface area contributed by atoms with E-state index in [0.29, 0.717) is 6.23 Å². The van der Waals surface area contributed by atoms with E-state index in [1.165, 1.54) is 0 Å². The fourth-order valence-corrected chi connectivity index (χ4v) is 1.38. The van der Waals surface area contributed by atoms with Gasteiger partial charge >= 0.3 is 0 Å². The predicted octanol–water partition coefficient (Wildman–Crippen LogP) is 0.456. The second-order valence-corrected chi connectivity index (χ2v) is 3.37. The van der Waals surface area contributed by atoms with Gasteiger partial charge in [-0.2, -0.15) is 0 Å². The van der Waals surface area contributed by atoms with Gasteiger partial charge in [0.05, 0.1) is 20.3 Å². The largest absolute Gasteiger partial charge is 0.370 e. The van der Waals surface area contributed by atoms with Crippen LogP contribution in [0.15, 0.2) is 0 Å². The van der Waals surface area contributed by atoms with Gasteiger partial charge in [0.2, 0.25) is 0 Å². The first-order chi connectivity index (χ1) is 5.19. The van der Waals surface area contributed by atoms with Gasteiger partial charge in [0.1, 0.15) is 13.1 Å². The van der Waals surface area contributed by atoms with Crippen LogP contribution < -0.4 is 0 Å². The summed E-state index contributed by atoms with van der Waals surface area (Å²) in [7, 11) is 3.99. The minimum atomic E-state index is 0.291. The first-order valence-electron chi connectivity index (χ1n) is 4.14. The van der Waals surface area contributed by atoms with Crippen molar-refractivity contribution in [3.8, 4) is 0 Å². The van der Waals surface area contributed by atoms with Gasteiger partial charge in [-0.25, -0.2) is 0 Å². The SMILES string of the molecule is COC(C)[N+]1(C)CCOCC1. The van der Waals surface area contributed by atoms with Crippen LogP contribution in [0.2, 0.25) is 0 Å². The third-order valence-electron chi connectivity index (χ3n) is 2.71. The van der Waals surface area contributed by atoms with E-state index in [-0.39, 0.29) is 0 Å². The van der Waals surface area contributed by atoms with Crippen LogP contribution in [0.1, 0.15) is 6.92 Å². The molecule has 0 N–H and O–H groups in total. The molecule has 0 aromatic heterocycles. The molecule has 0 bridgehead atoms. The van der Waals surface area contributed by atoms with E-state index in [1.807, 2.05) is 0 Å². The van der Waals surface area contributed by atoms with E-state index < -0.39 is 0 Å². The molecule has 11 heavy (non-hydrogen) atoms. The van der Waals surface area contributed by atoms with Gasteiger partial charge in [-0.15, -0.1) is 0 Å². The molecule has 66 valence electrons. The minimum Gasteiger partial charge on any atom is -0.370 e. The normalized spacial score (nSPS) is 26.5. The van der Waals surface area contributed by atoms with Gasteiger partial charge in [-0.1, -0.05) is 0 Å². The average Bonchev–Trinajstić information content (AvgIpc) is 2.04. The van der Waals surface area contributed by atoms with E-state index in [9.17, 15) is 0 Å². The Morgan fingerprint density at radius 3 is 2.36 bits per heavy atom. The zero-order chi connectivity index (χ0) is 8.32. The minimum absolute atomic E-state index is 0.291. The molecule has 1 heterocycles. The van der Waals surface area contributed by atoms with Crippen molar-refractivity contribution in [1.29, 1.82) is 0 Å². The van der Waals surface area contributed by atoms with Gasteiger partial charge in [0.15, 0.2) is 6.23 Å². The molecule has 1 fully saturated rings. The Morgan fingerprint density at radius 2 is 1.91 bits per heavy atom. The monoisotopic (exact) mass is 160 g/mol. The number of rotatable bonds is 2. The summed E-state index contributed by atoms with van der Waals surface area (Å²) in [4.78, 5) is 0. The summed E-state index contributed by atoms with van der Waals surface area (Å²) in [5.41, 5.74) is 0. The summed E-state index contributed by atoms with van der Waals surface area (Å²) in [5, 5.41) is 0. The zero-order valence-electron chi connectivity index (χ0n) is 7.67. The van der Waals surface area contributed by atoms with Crippen molar-refractivity contribution in [2.24, 2.45) is 0 Å². The van der Waals surface area contributed by atoms with Crippen molar-refractivity contribution in [3.63, 3.8) is 0 Å². The summed E-state index contributed by atoms with van der Waals surface area (Å²) in [6, 6.07) is 0. The molecular weight excluding hydrogens is 142 g/mol. The van der Waals surface area contributed by atoms with Gasteiger partial charge in [0.25, 0.3) is 0 Å². The molecule has 3 heteroatoms. The molecule has 0 aliphatic carbocycles. The standard InChI is InChI=1S/C8H18NO2/c1-8(10-3)9(2)4-6-11-7-5-9/h8H,4-7H2,1-3H3/q+1. The Labute approximate surface area is 68.5 Å². The molecule has 1 atom stereocenters. The highest BCUT2D eigenvalue weighted by Gasteiger charge is 2.31. The molecule has 1 aliphatic rings. The van der Waals surface area contributed by atoms with Gasteiger partial charge in [-0.3, -0.25) is 4.48 Å². The highest BCUT2D eigenvalue weighted by Crippen LogP contribution is 2.13. The molecule has 0 aromatic carbocycles. The molecule has 1 unspecified atom stereocenters. The van der Waals surface area contributed by atoms with Crippen LogP contribution in [0.25, 0.3) is 0 Å². The number of morpholine rings is 1. The van der Waals surface area contributed by atoms with Crippen LogP contribution in [0.4, 0.5) is 0 Å². The third-order valence-corrected chi connectivity index (χ3v) is 2.71. The Morgan fingerprint density at radius 1 is 1.36 bits per heavy atom. The maximum atomic E-state index is 5.31. The summed E-state index contributed by atoms with van der Waals surface area (Å²) >= 11 is 0. The average molecular weight is 160 g/mol. The molecule has 1 rings (SSSR count). The van der Waals surface area contributed by atoms with Crippen LogP contribution in [0.3, 0.4) is 0 Å². The van der Waals surface area contributed by atoms with E-state index in [1.54, 1.807) is 7.11 Å². The lowest BCUT2D eigenvalue weighted by Crippen LogP contribution is -2.57.